The number of thiophene rings is 1. The third-order valence-corrected chi connectivity index (χ3v) is 4.72. The summed E-state index contributed by atoms with van der Waals surface area (Å²) in [7, 11) is 0. The van der Waals surface area contributed by atoms with E-state index in [0.717, 1.165) is 42.8 Å². The van der Waals surface area contributed by atoms with Crippen LogP contribution in [0.15, 0.2) is 50.3 Å². The van der Waals surface area contributed by atoms with Gasteiger partial charge in [-0.3, -0.25) is 0 Å². The minimum Gasteiger partial charge on any atom is -0.422 e. The molecule has 1 N–H and O–H groups in total. The van der Waals surface area contributed by atoms with Crippen LogP contribution in [0, 0.1) is 0 Å². The molecule has 112 valence electrons. The molecule has 0 spiro atoms. The molecule has 1 aromatic carbocycles. The van der Waals surface area contributed by atoms with Crippen LogP contribution in [0.1, 0.15) is 0 Å². The fraction of sp³-hybridized carbons (Fsp3) is 0.235. The minimum absolute atomic E-state index is 0.275. The lowest BCUT2D eigenvalue weighted by atomic mass is 10.1. The van der Waals surface area contributed by atoms with Crippen LogP contribution < -0.4 is 15.8 Å². The van der Waals surface area contributed by atoms with Gasteiger partial charge in [0.25, 0.3) is 0 Å². The topological polar surface area (TPSA) is 45.5 Å². The van der Waals surface area contributed by atoms with Gasteiger partial charge < -0.3 is 14.6 Å². The molecule has 1 aliphatic rings. The summed E-state index contributed by atoms with van der Waals surface area (Å²) in [6, 6.07) is 9.97. The number of rotatable bonds is 2. The summed E-state index contributed by atoms with van der Waals surface area (Å²) in [5.74, 6) is 0. The summed E-state index contributed by atoms with van der Waals surface area (Å²) in [6.45, 7) is 3.92. The van der Waals surface area contributed by atoms with Gasteiger partial charge >= 0.3 is 5.63 Å². The first-order valence-electron chi connectivity index (χ1n) is 7.37. The Morgan fingerprint density at radius 1 is 1.14 bits per heavy atom. The molecule has 0 unspecified atom stereocenters. The van der Waals surface area contributed by atoms with Crippen molar-refractivity contribution in [3.05, 3.63) is 51.5 Å². The molecular weight excluding hydrogens is 296 g/mol. The van der Waals surface area contributed by atoms with Crippen molar-refractivity contribution in [2.45, 2.75) is 0 Å². The van der Waals surface area contributed by atoms with Gasteiger partial charge in [-0.1, -0.05) is 0 Å². The van der Waals surface area contributed by atoms with Crippen LogP contribution in [0.2, 0.25) is 0 Å². The predicted molar refractivity (Wildman–Crippen MR) is 90.9 cm³/mol. The third-order valence-electron chi connectivity index (χ3n) is 4.03. The molecule has 1 saturated heterocycles. The van der Waals surface area contributed by atoms with E-state index in [9.17, 15) is 4.79 Å². The molecule has 22 heavy (non-hydrogen) atoms. The Morgan fingerprint density at radius 3 is 2.77 bits per heavy atom. The molecular formula is C17H16N2O2S. The van der Waals surface area contributed by atoms with Gasteiger partial charge in [0.05, 0.1) is 5.56 Å². The standard InChI is InChI=1S/C17H16N2O2S/c20-17-15(13-3-8-22-11-13)9-12-1-2-14(10-16(12)21-17)19-6-4-18-5-7-19/h1-3,8-11,18H,4-7H2. The summed E-state index contributed by atoms with van der Waals surface area (Å²) in [5.41, 5.74) is 3.04. The number of anilines is 1. The maximum absolute atomic E-state index is 12.2. The SMILES string of the molecule is O=c1oc2cc(N3CCNCC3)ccc2cc1-c1ccsc1. The summed E-state index contributed by atoms with van der Waals surface area (Å²) in [6.07, 6.45) is 0. The quantitative estimate of drug-likeness (QED) is 0.739. The molecule has 0 bridgehead atoms. The van der Waals surface area contributed by atoms with Crippen LogP contribution in [0.3, 0.4) is 0 Å². The van der Waals surface area contributed by atoms with E-state index < -0.39 is 0 Å². The Bertz CT molecular complexity index is 849. The molecule has 3 aromatic rings. The third kappa shape index (κ3) is 2.42. The predicted octanol–water partition coefficient (Wildman–Crippen LogP) is 2.93. The number of benzene rings is 1. The van der Waals surface area contributed by atoms with Crippen molar-refractivity contribution in [3.63, 3.8) is 0 Å². The van der Waals surface area contributed by atoms with Gasteiger partial charge in [-0.25, -0.2) is 4.79 Å². The first kappa shape index (κ1) is 13.5. The maximum Gasteiger partial charge on any atom is 0.344 e. The van der Waals surface area contributed by atoms with Crippen molar-refractivity contribution < 1.29 is 4.42 Å². The van der Waals surface area contributed by atoms with Crippen LogP contribution in [-0.4, -0.2) is 26.2 Å². The van der Waals surface area contributed by atoms with E-state index in [4.69, 9.17) is 4.42 Å². The lowest BCUT2D eigenvalue weighted by Gasteiger charge is -2.29. The molecule has 1 fully saturated rings. The largest absolute Gasteiger partial charge is 0.422 e. The molecule has 3 heterocycles. The molecule has 0 radical (unpaired) electrons. The van der Waals surface area contributed by atoms with Crippen LogP contribution in [0.25, 0.3) is 22.1 Å². The lowest BCUT2D eigenvalue weighted by molar-refractivity contribution is 0.562. The average Bonchev–Trinajstić information content (AvgIpc) is 3.09. The van der Waals surface area contributed by atoms with Crippen LogP contribution in [0.4, 0.5) is 5.69 Å². The van der Waals surface area contributed by atoms with Gasteiger partial charge in [0, 0.05) is 43.3 Å². The van der Waals surface area contributed by atoms with E-state index in [2.05, 4.69) is 16.3 Å². The molecule has 4 rings (SSSR count). The van der Waals surface area contributed by atoms with E-state index in [1.165, 1.54) is 0 Å². The Labute approximate surface area is 132 Å². The highest BCUT2D eigenvalue weighted by molar-refractivity contribution is 7.08. The fourth-order valence-electron chi connectivity index (χ4n) is 2.84. The molecule has 0 amide bonds. The van der Waals surface area contributed by atoms with Crippen molar-refractivity contribution >= 4 is 28.0 Å². The zero-order valence-electron chi connectivity index (χ0n) is 12.0. The minimum atomic E-state index is -0.275. The molecule has 0 saturated carbocycles. The number of nitrogens with zero attached hydrogens (tertiary/aromatic N) is 1. The van der Waals surface area contributed by atoms with Crippen molar-refractivity contribution in [3.8, 4) is 11.1 Å². The highest BCUT2D eigenvalue weighted by atomic mass is 32.1. The lowest BCUT2D eigenvalue weighted by Crippen LogP contribution is -2.43. The Morgan fingerprint density at radius 2 is 2.00 bits per heavy atom. The molecule has 5 heteroatoms. The smallest absolute Gasteiger partial charge is 0.344 e. The van der Waals surface area contributed by atoms with Gasteiger partial charge in [0.1, 0.15) is 5.58 Å². The van der Waals surface area contributed by atoms with Crippen LogP contribution >= 0.6 is 11.3 Å². The zero-order valence-corrected chi connectivity index (χ0v) is 12.9. The van der Waals surface area contributed by atoms with Gasteiger partial charge in [-0.2, -0.15) is 11.3 Å². The number of fused-ring (bicyclic) bond motifs is 1. The second-order valence-corrected chi connectivity index (χ2v) is 6.20. The zero-order chi connectivity index (χ0) is 14.9. The van der Waals surface area contributed by atoms with Gasteiger partial charge in [0.2, 0.25) is 0 Å². The summed E-state index contributed by atoms with van der Waals surface area (Å²) in [4.78, 5) is 14.5. The first-order valence-corrected chi connectivity index (χ1v) is 8.32. The Hall–Kier alpha value is -2.11. The van der Waals surface area contributed by atoms with Crippen molar-refractivity contribution in [1.29, 1.82) is 0 Å². The Kier molecular flexibility index (Phi) is 3.44. The van der Waals surface area contributed by atoms with Crippen LogP contribution in [-0.2, 0) is 0 Å². The monoisotopic (exact) mass is 312 g/mol. The highest BCUT2D eigenvalue weighted by Crippen LogP contribution is 2.26. The second-order valence-electron chi connectivity index (χ2n) is 5.42. The second kappa shape index (κ2) is 5.59. The highest BCUT2D eigenvalue weighted by Gasteiger charge is 2.13. The average molecular weight is 312 g/mol. The number of nitrogens with one attached hydrogen (secondary N) is 1. The Balaban J connectivity index is 1.78. The van der Waals surface area contributed by atoms with E-state index >= 15 is 0 Å². The van der Waals surface area contributed by atoms with Crippen molar-refractivity contribution in [1.82, 2.24) is 5.32 Å². The van der Waals surface area contributed by atoms with E-state index in [1.54, 1.807) is 11.3 Å². The fourth-order valence-corrected chi connectivity index (χ4v) is 3.49. The maximum atomic E-state index is 12.2. The van der Waals surface area contributed by atoms with E-state index in [-0.39, 0.29) is 5.63 Å². The van der Waals surface area contributed by atoms with Gasteiger partial charge in [0.15, 0.2) is 0 Å². The summed E-state index contributed by atoms with van der Waals surface area (Å²) < 4.78 is 5.55. The van der Waals surface area contributed by atoms with Gasteiger partial charge in [-0.05, 0) is 40.6 Å². The van der Waals surface area contributed by atoms with Crippen molar-refractivity contribution in [2.24, 2.45) is 0 Å². The molecule has 1 aliphatic heterocycles. The molecule has 0 atom stereocenters. The van der Waals surface area contributed by atoms with Crippen molar-refractivity contribution in [2.75, 3.05) is 31.1 Å². The normalized spacial score (nSPS) is 15.4. The van der Waals surface area contributed by atoms with Gasteiger partial charge in [-0.15, -0.1) is 0 Å². The number of hydrogen-bond acceptors (Lipinski definition) is 5. The summed E-state index contributed by atoms with van der Waals surface area (Å²) in [5, 5.41) is 8.23. The molecule has 0 aliphatic carbocycles. The first-order chi connectivity index (χ1) is 10.8. The summed E-state index contributed by atoms with van der Waals surface area (Å²) >= 11 is 1.58. The number of piperazine rings is 1. The van der Waals surface area contributed by atoms with Crippen LogP contribution in [0.5, 0.6) is 0 Å². The van der Waals surface area contributed by atoms with E-state index in [0.29, 0.717) is 11.1 Å². The number of hydrogen-bond donors (Lipinski definition) is 1. The molecule has 2 aromatic heterocycles. The molecule has 4 nitrogen and oxygen atoms in total. The van der Waals surface area contributed by atoms with E-state index in [1.807, 2.05) is 35.0 Å².